The normalized spacial score (nSPS) is 11.3. The molecule has 0 aliphatic heterocycles. The fourth-order valence-corrected chi connectivity index (χ4v) is 6.87. The molecule has 1 heterocycles. The van der Waals surface area contributed by atoms with Crippen molar-refractivity contribution in [2.75, 3.05) is 0 Å². The van der Waals surface area contributed by atoms with Gasteiger partial charge in [-0.1, -0.05) is 176 Å². The molecule has 1 aromatic heterocycles. The summed E-state index contributed by atoms with van der Waals surface area (Å²) in [6.07, 6.45) is 0. The van der Waals surface area contributed by atoms with E-state index in [2.05, 4.69) is 152 Å². The van der Waals surface area contributed by atoms with Gasteiger partial charge in [-0.25, -0.2) is 15.0 Å². The molecule has 224 valence electrons. The molecule has 0 spiro atoms. The topological polar surface area (TPSA) is 38.7 Å². The molecule has 8 aromatic carbocycles. The third kappa shape index (κ3) is 4.81. The summed E-state index contributed by atoms with van der Waals surface area (Å²) in [4.78, 5) is 15.6. The number of rotatable bonds is 5. The highest BCUT2D eigenvalue weighted by molar-refractivity contribution is 6.27. The van der Waals surface area contributed by atoms with Crippen molar-refractivity contribution in [3.05, 3.63) is 176 Å². The van der Waals surface area contributed by atoms with Gasteiger partial charge in [0, 0.05) is 22.1 Å². The van der Waals surface area contributed by atoms with Gasteiger partial charge in [-0.3, -0.25) is 0 Å². The zero-order valence-corrected chi connectivity index (χ0v) is 26.1. The Labute approximate surface area is 278 Å². The van der Waals surface area contributed by atoms with Crippen LogP contribution in [0.4, 0.5) is 0 Å². The van der Waals surface area contributed by atoms with E-state index in [-0.39, 0.29) is 0 Å². The Kier molecular flexibility index (Phi) is 6.80. The molecule has 0 saturated carbocycles. The van der Waals surface area contributed by atoms with E-state index in [1.807, 2.05) is 24.3 Å². The Morgan fingerprint density at radius 3 is 1.33 bits per heavy atom. The van der Waals surface area contributed by atoms with Gasteiger partial charge in [0.05, 0.1) is 0 Å². The highest BCUT2D eigenvalue weighted by Gasteiger charge is 2.22. The lowest BCUT2D eigenvalue weighted by atomic mass is 9.86. The van der Waals surface area contributed by atoms with Crippen molar-refractivity contribution in [2.45, 2.75) is 0 Å². The lowest BCUT2D eigenvalue weighted by molar-refractivity contribution is 1.08. The van der Waals surface area contributed by atoms with Gasteiger partial charge >= 0.3 is 0 Å². The van der Waals surface area contributed by atoms with Gasteiger partial charge in [0.2, 0.25) is 0 Å². The molecule has 3 heteroatoms. The molecule has 0 amide bonds. The Bertz CT molecular complexity index is 2580. The van der Waals surface area contributed by atoms with Gasteiger partial charge in [0.25, 0.3) is 0 Å². The Hall–Kier alpha value is -6.45. The third-order valence-electron chi connectivity index (χ3n) is 9.12. The minimum absolute atomic E-state index is 0.642. The lowest BCUT2D eigenvalue weighted by Gasteiger charge is -2.19. The van der Waals surface area contributed by atoms with E-state index in [0.717, 1.165) is 38.4 Å². The van der Waals surface area contributed by atoms with E-state index >= 15 is 0 Å². The van der Waals surface area contributed by atoms with Crippen molar-refractivity contribution in [1.82, 2.24) is 15.0 Å². The zero-order chi connectivity index (χ0) is 31.9. The van der Waals surface area contributed by atoms with Crippen LogP contribution in [0.15, 0.2) is 176 Å². The zero-order valence-electron chi connectivity index (χ0n) is 26.1. The number of benzene rings is 8. The lowest BCUT2D eigenvalue weighted by Crippen LogP contribution is -2.02. The fraction of sp³-hybridized carbons (Fsp3) is 0. The van der Waals surface area contributed by atoms with Crippen molar-refractivity contribution >= 4 is 32.3 Å². The first-order chi connectivity index (χ1) is 23.8. The summed E-state index contributed by atoms with van der Waals surface area (Å²) < 4.78 is 0. The van der Waals surface area contributed by atoms with Crippen LogP contribution in [0.25, 0.3) is 88.7 Å². The van der Waals surface area contributed by atoms with Gasteiger partial charge in [-0.2, -0.15) is 0 Å². The average molecular weight is 612 g/mol. The van der Waals surface area contributed by atoms with Crippen LogP contribution in [0.2, 0.25) is 0 Å². The molecule has 0 atom stereocenters. The van der Waals surface area contributed by atoms with Crippen LogP contribution in [0.5, 0.6) is 0 Å². The van der Waals surface area contributed by atoms with Crippen LogP contribution in [0.3, 0.4) is 0 Å². The van der Waals surface area contributed by atoms with Crippen LogP contribution in [-0.4, -0.2) is 15.0 Å². The molecular weight excluding hydrogens is 583 g/mol. The van der Waals surface area contributed by atoms with E-state index in [1.165, 1.54) is 32.8 Å². The molecule has 0 radical (unpaired) electrons. The summed E-state index contributed by atoms with van der Waals surface area (Å²) in [5.74, 6) is 1.94. The van der Waals surface area contributed by atoms with Crippen molar-refractivity contribution in [3.8, 4) is 56.4 Å². The first-order valence-electron chi connectivity index (χ1n) is 16.2. The molecule has 9 aromatic rings. The molecule has 0 saturated heterocycles. The van der Waals surface area contributed by atoms with E-state index in [0.29, 0.717) is 17.5 Å². The number of hydrogen-bond acceptors (Lipinski definition) is 3. The number of fused-ring (bicyclic) bond motifs is 4. The van der Waals surface area contributed by atoms with Crippen molar-refractivity contribution < 1.29 is 0 Å². The molecule has 0 aliphatic rings. The van der Waals surface area contributed by atoms with Crippen LogP contribution in [0.1, 0.15) is 0 Å². The standard InChI is InChI=1S/C45H29N3/c1-4-14-30(15-5-1)31-24-26-35(27-25-31)44-46-43(34-19-8-3-9-20-34)47-45(48-44)42-38-23-13-12-22-37(38)40(33-17-6-2-7-18-33)39-29-28-32-16-10-11-21-36(32)41(39)42/h1-29H. The second kappa shape index (κ2) is 11.7. The monoisotopic (exact) mass is 611 g/mol. The van der Waals surface area contributed by atoms with E-state index in [9.17, 15) is 0 Å². The molecule has 0 N–H and O–H groups in total. The van der Waals surface area contributed by atoms with Crippen LogP contribution < -0.4 is 0 Å². The van der Waals surface area contributed by atoms with Gasteiger partial charge in [0.15, 0.2) is 17.5 Å². The predicted octanol–water partition coefficient (Wildman–Crippen LogP) is 11.7. The average Bonchev–Trinajstić information content (AvgIpc) is 3.17. The van der Waals surface area contributed by atoms with E-state index < -0.39 is 0 Å². The molecule has 0 unspecified atom stereocenters. The van der Waals surface area contributed by atoms with E-state index in [1.54, 1.807) is 0 Å². The molecule has 0 bridgehead atoms. The van der Waals surface area contributed by atoms with Crippen molar-refractivity contribution in [2.24, 2.45) is 0 Å². The second-order valence-electron chi connectivity index (χ2n) is 12.0. The largest absolute Gasteiger partial charge is 0.208 e. The summed E-state index contributed by atoms with van der Waals surface area (Å²) in [6, 6.07) is 61.6. The molecule has 0 aliphatic carbocycles. The summed E-state index contributed by atoms with van der Waals surface area (Å²) in [5.41, 5.74) is 7.62. The Morgan fingerprint density at radius 2 is 0.688 bits per heavy atom. The maximum absolute atomic E-state index is 5.29. The minimum Gasteiger partial charge on any atom is -0.208 e. The number of nitrogens with zero attached hydrogens (tertiary/aromatic N) is 3. The van der Waals surface area contributed by atoms with E-state index in [4.69, 9.17) is 15.0 Å². The SMILES string of the molecule is c1ccc(-c2ccc(-c3nc(-c4ccccc4)nc(-c4c5ccccc5c(-c5ccccc5)c5ccc6ccccc6c45)n3)cc2)cc1. The fourth-order valence-electron chi connectivity index (χ4n) is 6.87. The minimum atomic E-state index is 0.642. The van der Waals surface area contributed by atoms with Gasteiger partial charge in [-0.05, 0) is 49.2 Å². The van der Waals surface area contributed by atoms with Gasteiger partial charge < -0.3 is 0 Å². The van der Waals surface area contributed by atoms with Gasteiger partial charge in [0.1, 0.15) is 0 Å². The quantitative estimate of drug-likeness (QED) is 0.144. The molecule has 0 fully saturated rings. The second-order valence-corrected chi connectivity index (χ2v) is 12.0. The maximum atomic E-state index is 5.29. The number of hydrogen-bond donors (Lipinski definition) is 0. The van der Waals surface area contributed by atoms with Crippen molar-refractivity contribution in [3.63, 3.8) is 0 Å². The Balaban J connectivity index is 1.37. The molecular formula is C45H29N3. The molecule has 48 heavy (non-hydrogen) atoms. The smallest absolute Gasteiger partial charge is 0.165 e. The molecule has 3 nitrogen and oxygen atoms in total. The maximum Gasteiger partial charge on any atom is 0.165 e. The van der Waals surface area contributed by atoms with Gasteiger partial charge in [-0.15, -0.1) is 0 Å². The number of aromatic nitrogens is 3. The summed E-state index contributed by atoms with van der Waals surface area (Å²) in [7, 11) is 0. The third-order valence-corrected chi connectivity index (χ3v) is 9.12. The summed E-state index contributed by atoms with van der Waals surface area (Å²) >= 11 is 0. The van der Waals surface area contributed by atoms with Crippen LogP contribution >= 0.6 is 0 Å². The highest BCUT2D eigenvalue weighted by Crippen LogP contribution is 2.45. The first kappa shape index (κ1) is 27.8. The molecule has 9 rings (SSSR count). The summed E-state index contributed by atoms with van der Waals surface area (Å²) in [6.45, 7) is 0. The van der Waals surface area contributed by atoms with Crippen LogP contribution in [0, 0.1) is 0 Å². The highest BCUT2D eigenvalue weighted by atomic mass is 15.0. The van der Waals surface area contributed by atoms with Crippen molar-refractivity contribution in [1.29, 1.82) is 0 Å². The summed E-state index contributed by atoms with van der Waals surface area (Å²) in [5, 5.41) is 6.93. The van der Waals surface area contributed by atoms with Crippen LogP contribution in [-0.2, 0) is 0 Å². The predicted molar refractivity (Wildman–Crippen MR) is 200 cm³/mol. The Morgan fingerprint density at radius 1 is 0.250 bits per heavy atom. The first-order valence-corrected chi connectivity index (χ1v) is 16.2.